The minimum absolute atomic E-state index is 0.353. The maximum atomic E-state index is 12.9. The van der Waals surface area contributed by atoms with Crippen molar-refractivity contribution >= 4 is 33.2 Å². The first-order valence-corrected chi connectivity index (χ1v) is 11.1. The number of carbonyl (C=O) groups excluding carboxylic acids is 1. The molecule has 0 unspecified atom stereocenters. The Hall–Kier alpha value is -2.45. The van der Waals surface area contributed by atoms with Crippen molar-refractivity contribution in [2.75, 3.05) is 24.8 Å². The number of hydrogen-bond donors (Lipinski definition) is 1. The highest BCUT2D eigenvalue weighted by atomic mass is 35.5. The molecule has 1 N–H and O–H groups in total. The molecule has 2 atom stereocenters. The Morgan fingerprint density at radius 1 is 1.07 bits per heavy atom. The zero-order valence-electron chi connectivity index (χ0n) is 17.0. The Morgan fingerprint density at radius 3 is 2.21 bits per heavy atom. The number of carbonyl (C=O) groups is 1. The molecule has 0 spiro atoms. The van der Waals surface area contributed by atoms with E-state index in [0.29, 0.717) is 27.8 Å². The summed E-state index contributed by atoms with van der Waals surface area (Å²) in [6.07, 6.45) is 1.06. The molecule has 0 saturated heterocycles. The van der Waals surface area contributed by atoms with E-state index < -0.39 is 28.0 Å². The van der Waals surface area contributed by atoms with Crippen molar-refractivity contribution in [1.82, 2.24) is 5.32 Å². The van der Waals surface area contributed by atoms with E-state index in [1.807, 2.05) is 0 Å². The van der Waals surface area contributed by atoms with Crippen LogP contribution in [0.25, 0.3) is 0 Å². The van der Waals surface area contributed by atoms with Crippen LogP contribution in [0.1, 0.15) is 25.5 Å². The van der Waals surface area contributed by atoms with Crippen LogP contribution < -0.4 is 19.1 Å². The van der Waals surface area contributed by atoms with Gasteiger partial charge < -0.3 is 14.8 Å². The van der Waals surface area contributed by atoms with Crippen LogP contribution >= 0.6 is 11.6 Å². The van der Waals surface area contributed by atoms with Gasteiger partial charge in [-0.2, -0.15) is 0 Å². The first-order valence-electron chi connectivity index (χ1n) is 8.85. The third-order valence-corrected chi connectivity index (χ3v) is 5.93. The number of nitrogens with zero attached hydrogens (tertiary/aromatic N) is 1. The highest BCUT2D eigenvalue weighted by molar-refractivity contribution is 7.92. The molecule has 0 saturated carbocycles. The van der Waals surface area contributed by atoms with Crippen molar-refractivity contribution in [3.8, 4) is 11.5 Å². The predicted octanol–water partition coefficient (Wildman–Crippen LogP) is 3.39. The molecule has 0 aliphatic carbocycles. The van der Waals surface area contributed by atoms with Crippen molar-refractivity contribution in [2.24, 2.45) is 0 Å². The normalized spacial score (nSPS) is 13.3. The average Bonchev–Trinajstić information content (AvgIpc) is 2.67. The zero-order chi connectivity index (χ0) is 21.8. The summed E-state index contributed by atoms with van der Waals surface area (Å²) in [6, 6.07) is 10.1. The quantitative estimate of drug-likeness (QED) is 0.680. The van der Waals surface area contributed by atoms with Gasteiger partial charge in [-0.3, -0.25) is 9.10 Å². The average molecular weight is 441 g/mol. The standard InChI is InChI=1S/C20H25ClN2O5S/c1-13(18-12-17(27-3)10-11-19(18)28-4)22-20(24)14(2)23(29(5,25)26)16-8-6-15(21)7-9-16/h6-14H,1-5H3,(H,22,24)/t13-,14-/m0/s1. The molecule has 9 heteroatoms. The van der Waals surface area contributed by atoms with E-state index in [-0.39, 0.29) is 0 Å². The highest BCUT2D eigenvalue weighted by Crippen LogP contribution is 2.30. The summed E-state index contributed by atoms with van der Waals surface area (Å²) in [5.41, 5.74) is 1.07. The molecule has 29 heavy (non-hydrogen) atoms. The fraction of sp³-hybridized carbons (Fsp3) is 0.350. The zero-order valence-corrected chi connectivity index (χ0v) is 18.5. The van der Waals surface area contributed by atoms with E-state index in [0.717, 1.165) is 10.6 Å². The number of hydrogen-bond acceptors (Lipinski definition) is 5. The van der Waals surface area contributed by atoms with Gasteiger partial charge in [0.2, 0.25) is 15.9 Å². The van der Waals surface area contributed by atoms with Crippen molar-refractivity contribution in [3.63, 3.8) is 0 Å². The molecule has 0 aromatic heterocycles. The number of sulfonamides is 1. The first-order chi connectivity index (χ1) is 13.6. The summed E-state index contributed by atoms with van der Waals surface area (Å²) in [4.78, 5) is 12.9. The lowest BCUT2D eigenvalue weighted by Crippen LogP contribution is -2.48. The van der Waals surface area contributed by atoms with Crippen LogP contribution in [0.3, 0.4) is 0 Å². The van der Waals surface area contributed by atoms with Crippen molar-refractivity contribution in [1.29, 1.82) is 0 Å². The van der Waals surface area contributed by atoms with Gasteiger partial charge in [0, 0.05) is 10.6 Å². The van der Waals surface area contributed by atoms with Crippen LogP contribution in [0.5, 0.6) is 11.5 Å². The fourth-order valence-electron chi connectivity index (χ4n) is 2.99. The van der Waals surface area contributed by atoms with Gasteiger partial charge >= 0.3 is 0 Å². The lowest BCUT2D eigenvalue weighted by Gasteiger charge is -2.29. The van der Waals surface area contributed by atoms with Gasteiger partial charge in [-0.1, -0.05) is 11.6 Å². The lowest BCUT2D eigenvalue weighted by atomic mass is 10.1. The maximum absolute atomic E-state index is 12.9. The number of benzene rings is 2. The maximum Gasteiger partial charge on any atom is 0.244 e. The Labute approximate surface area is 176 Å². The molecule has 0 aliphatic heterocycles. The Morgan fingerprint density at radius 2 is 1.69 bits per heavy atom. The molecule has 0 radical (unpaired) electrons. The number of rotatable bonds is 8. The monoisotopic (exact) mass is 440 g/mol. The molecule has 0 fully saturated rings. The van der Waals surface area contributed by atoms with Crippen LogP contribution in [0.2, 0.25) is 5.02 Å². The number of ether oxygens (including phenoxy) is 2. The SMILES string of the molecule is COc1ccc(OC)c([C@H](C)NC(=O)[C@H](C)N(c2ccc(Cl)cc2)S(C)(=O)=O)c1. The molecule has 7 nitrogen and oxygen atoms in total. The molecule has 2 rings (SSSR count). The minimum atomic E-state index is -3.71. The topological polar surface area (TPSA) is 84.9 Å². The van der Waals surface area contributed by atoms with E-state index in [1.165, 1.54) is 14.0 Å². The number of nitrogens with one attached hydrogen (secondary N) is 1. The smallest absolute Gasteiger partial charge is 0.244 e. The predicted molar refractivity (Wildman–Crippen MR) is 114 cm³/mol. The first kappa shape index (κ1) is 22.8. The molecule has 158 valence electrons. The Kier molecular flexibility index (Phi) is 7.37. The number of methoxy groups -OCH3 is 2. The van der Waals surface area contributed by atoms with E-state index in [9.17, 15) is 13.2 Å². The van der Waals surface area contributed by atoms with Gasteiger partial charge in [0.25, 0.3) is 0 Å². The molecule has 1 amide bonds. The van der Waals surface area contributed by atoms with Gasteiger partial charge in [0.1, 0.15) is 17.5 Å². The third kappa shape index (κ3) is 5.55. The van der Waals surface area contributed by atoms with Gasteiger partial charge in [-0.25, -0.2) is 8.42 Å². The van der Waals surface area contributed by atoms with Crippen LogP contribution in [0, 0.1) is 0 Å². The molecule has 2 aromatic carbocycles. The summed E-state index contributed by atoms with van der Waals surface area (Å²) in [5, 5.41) is 3.32. The second kappa shape index (κ2) is 9.37. The molecular formula is C20H25ClN2O5S. The van der Waals surface area contributed by atoms with Crippen molar-refractivity contribution in [3.05, 3.63) is 53.1 Å². The summed E-state index contributed by atoms with van der Waals surface area (Å²) >= 11 is 5.89. The van der Waals surface area contributed by atoms with Gasteiger partial charge in [-0.15, -0.1) is 0 Å². The van der Waals surface area contributed by atoms with E-state index >= 15 is 0 Å². The number of anilines is 1. The second-order valence-electron chi connectivity index (χ2n) is 6.55. The summed E-state index contributed by atoms with van der Waals surface area (Å²) in [5.74, 6) is 0.751. The minimum Gasteiger partial charge on any atom is -0.497 e. The summed E-state index contributed by atoms with van der Waals surface area (Å²) in [7, 11) is -0.630. The highest BCUT2D eigenvalue weighted by Gasteiger charge is 2.30. The fourth-order valence-corrected chi connectivity index (χ4v) is 4.29. The van der Waals surface area contributed by atoms with E-state index in [2.05, 4.69) is 5.32 Å². The Balaban J connectivity index is 2.29. The van der Waals surface area contributed by atoms with Crippen molar-refractivity contribution < 1.29 is 22.7 Å². The summed E-state index contributed by atoms with van der Waals surface area (Å²) in [6.45, 7) is 3.31. The molecule has 0 bridgehead atoms. The molecule has 0 aliphatic rings. The van der Waals surface area contributed by atoms with Crippen molar-refractivity contribution in [2.45, 2.75) is 25.9 Å². The summed E-state index contributed by atoms with van der Waals surface area (Å²) < 4.78 is 36.4. The third-order valence-electron chi connectivity index (χ3n) is 4.43. The van der Waals surface area contributed by atoms with Gasteiger partial charge in [-0.05, 0) is 56.3 Å². The van der Waals surface area contributed by atoms with Gasteiger partial charge in [0.15, 0.2) is 0 Å². The van der Waals surface area contributed by atoms with E-state index in [4.69, 9.17) is 21.1 Å². The number of amides is 1. The molecular weight excluding hydrogens is 416 g/mol. The van der Waals surface area contributed by atoms with Crippen LogP contribution in [-0.2, 0) is 14.8 Å². The number of halogens is 1. The molecule has 2 aromatic rings. The Bertz CT molecular complexity index is 963. The van der Waals surface area contributed by atoms with Crippen LogP contribution in [0.15, 0.2) is 42.5 Å². The van der Waals surface area contributed by atoms with E-state index in [1.54, 1.807) is 56.5 Å². The molecule has 0 heterocycles. The second-order valence-corrected chi connectivity index (χ2v) is 8.85. The van der Waals surface area contributed by atoms with Gasteiger partial charge in [0.05, 0.1) is 32.2 Å². The van der Waals surface area contributed by atoms with Crippen LogP contribution in [-0.4, -0.2) is 40.8 Å². The largest absolute Gasteiger partial charge is 0.497 e. The van der Waals surface area contributed by atoms with Crippen LogP contribution in [0.4, 0.5) is 5.69 Å². The lowest BCUT2D eigenvalue weighted by molar-refractivity contribution is -0.122.